The summed E-state index contributed by atoms with van der Waals surface area (Å²) in [5.41, 5.74) is -0.685. The predicted molar refractivity (Wildman–Crippen MR) is 73.6 cm³/mol. The molecule has 1 aromatic carbocycles. The van der Waals surface area contributed by atoms with Crippen LogP contribution < -0.4 is 10.6 Å². The van der Waals surface area contributed by atoms with Gasteiger partial charge in [0.15, 0.2) is 0 Å². The molecule has 2 N–H and O–H groups in total. The molecule has 0 unspecified atom stereocenters. The molecule has 0 saturated heterocycles. The minimum atomic E-state index is -0.645. The highest BCUT2D eigenvalue weighted by Crippen LogP contribution is 2.22. The van der Waals surface area contributed by atoms with Gasteiger partial charge in [0.05, 0.1) is 9.89 Å². The summed E-state index contributed by atoms with van der Waals surface area (Å²) in [7, 11) is 1.55. The van der Waals surface area contributed by atoms with Crippen LogP contribution in [0.15, 0.2) is 16.6 Å². The van der Waals surface area contributed by atoms with Crippen molar-refractivity contribution in [3.8, 4) is 0 Å². The molecule has 0 atom stereocenters. The van der Waals surface area contributed by atoms with Gasteiger partial charge in [0.2, 0.25) is 5.91 Å². The summed E-state index contributed by atoms with van der Waals surface area (Å²) in [4.78, 5) is 11.6. The first-order chi connectivity index (χ1) is 8.79. The Balaban J connectivity index is 2.69. The fourth-order valence-corrected chi connectivity index (χ4v) is 2.02. The first-order valence-corrected chi connectivity index (χ1v) is 6.64. The van der Waals surface area contributed by atoms with E-state index in [9.17, 15) is 13.6 Å². The number of benzene rings is 1. The Kier molecular flexibility index (Phi) is 5.43. The van der Waals surface area contributed by atoms with Crippen LogP contribution in [0.2, 0.25) is 0 Å². The summed E-state index contributed by atoms with van der Waals surface area (Å²) in [6.45, 7) is 3.86. The molecule has 0 aliphatic carbocycles. The maximum atomic E-state index is 13.7. The van der Waals surface area contributed by atoms with Crippen LogP contribution in [0.1, 0.15) is 19.4 Å². The molecule has 0 fully saturated rings. The van der Waals surface area contributed by atoms with Crippen LogP contribution in [-0.2, 0) is 11.3 Å². The van der Waals surface area contributed by atoms with Gasteiger partial charge in [0.1, 0.15) is 11.6 Å². The monoisotopic (exact) mass is 334 g/mol. The van der Waals surface area contributed by atoms with Crippen LogP contribution in [0, 0.1) is 17.0 Å². The second-order valence-electron chi connectivity index (χ2n) is 4.89. The quantitative estimate of drug-likeness (QED) is 0.812. The lowest BCUT2D eigenvalue weighted by atomic mass is 9.92. The smallest absolute Gasteiger partial charge is 0.226 e. The van der Waals surface area contributed by atoms with Crippen LogP contribution >= 0.6 is 15.9 Å². The minimum absolute atomic E-state index is 0.0253. The Labute approximate surface area is 119 Å². The predicted octanol–water partition coefficient (Wildman–Crippen LogP) is 2.59. The number of hydrogen-bond acceptors (Lipinski definition) is 2. The number of carbonyl (C=O) groups is 1. The van der Waals surface area contributed by atoms with E-state index in [4.69, 9.17) is 0 Å². The average Bonchev–Trinajstić information content (AvgIpc) is 2.37. The highest BCUT2D eigenvalue weighted by Gasteiger charge is 2.26. The van der Waals surface area contributed by atoms with Gasteiger partial charge < -0.3 is 10.6 Å². The summed E-state index contributed by atoms with van der Waals surface area (Å²) in [5, 5.41) is 5.46. The van der Waals surface area contributed by atoms with Crippen molar-refractivity contribution in [2.75, 3.05) is 13.6 Å². The Morgan fingerprint density at radius 1 is 1.37 bits per heavy atom. The molecule has 0 bridgehead atoms. The van der Waals surface area contributed by atoms with Crippen molar-refractivity contribution in [2.24, 2.45) is 5.41 Å². The summed E-state index contributed by atoms with van der Waals surface area (Å²) < 4.78 is 27.4. The molecule has 6 heteroatoms. The number of rotatable bonds is 5. The third-order valence-corrected chi connectivity index (χ3v) is 3.46. The van der Waals surface area contributed by atoms with Gasteiger partial charge in [-0.05, 0) is 41.9 Å². The van der Waals surface area contributed by atoms with E-state index < -0.39 is 17.0 Å². The highest BCUT2D eigenvalue weighted by atomic mass is 79.9. The zero-order valence-electron chi connectivity index (χ0n) is 11.1. The van der Waals surface area contributed by atoms with E-state index >= 15 is 0 Å². The van der Waals surface area contributed by atoms with Crippen molar-refractivity contribution in [1.29, 1.82) is 0 Å². The molecule has 0 heterocycles. The van der Waals surface area contributed by atoms with Crippen molar-refractivity contribution in [3.63, 3.8) is 0 Å². The molecular formula is C13H17BrF2N2O. The van der Waals surface area contributed by atoms with Crippen molar-refractivity contribution in [1.82, 2.24) is 10.6 Å². The molecule has 0 saturated carbocycles. The first kappa shape index (κ1) is 16.0. The molecule has 19 heavy (non-hydrogen) atoms. The fraction of sp³-hybridized carbons (Fsp3) is 0.462. The van der Waals surface area contributed by atoms with Gasteiger partial charge in [-0.3, -0.25) is 4.79 Å². The van der Waals surface area contributed by atoms with Gasteiger partial charge in [-0.2, -0.15) is 0 Å². The normalized spacial score (nSPS) is 11.5. The largest absolute Gasteiger partial charge is 0.359 e. The van der Waals surface area contributed by atoms with Gasteiger partial charge in [-0.1, -0.05) is 0 Å². The van der Waals surface area contributed by atoms with Crippen LogP contribution in [0.3, 0.4) is 0 Å². The SMILES string of the molecule is CNC(=O)C(C)(C)CNCc1c(F)ccc(Br)c1F. The Hall–Kier alpha value is -1.01. The molecule has 106 valence electrons. The zero-order valence-corrected chi connectivity index (χ0v) is 12.7. The van der Waals surface area contributed by atoms with E-state index in [1.165, 1.54) is 12.1 Å². The van der Waals surface area contributed by atoms with Crippen LogP contribution in [0.4, 0.5) is 8.78 Å². The standard InChI is InChI=1S/C13H17BrF2N2O/c1-13(2,12(19)17-3)7-18-6-8-10(15)5-4-9(14)11(8)16/h4-5,18H,6-7H2,1-3H3,(H,17,19). The maximum absolute atomic E-state index is 13.7. The number of nitrogens with one attached hydrogen (secondary N) is 2. The molecule has 0 aromatic heterocycles. The van der Waals surface area contributed by atoms with Crippen molar-refractivity contribution in [2.45, 2.75) is 20.4 Å². The maximum Gasteiger partial charge on any atom is 0.226 e. The summed E-state index contributed by atoms with van der Waals surface area (Å²) in [6, 6.07) is 2.52. The fourth-order valence-electron chi connectivity index (χ4n) is 1.65. The lowest BCUT2D eigenvalue weighted by Crippen LogP contribution is -2.42. The second-order valence-corrected chi connectivity index (χ2v) is 5.74. The number of halogens is 3. The molecule has 1 aromatic rings. The van der Waals surface area contributed by atoms with E-state index in [2.05, 4.69) is 26.6 Å². The summed E-state index contributed by atoms with van der Waals surface area (Å²) >= 11 is 3.01. The lowest BCUT2D eigenvalue weighted by molar-refractivity contribution is -0.128. The third kappa shape index (κ3) is 3.98. The average molecular weight is 335 g/mol. The van der Waals surface area contributed by atoms with E-state index in [-0.39, 0.29) is 22.5 Å². The first-order valence-electron chi connectivity index (χ1n) is 5.85. The molecule has 1 rings (SSSR count). The molecular weight excluding hydrogens is 318 g/mol. The van der Waals surface area contributed by atoms with E-state index in [0.717, 1.165) is 0 Å². The van der Waals surface area contributed by atoms with E-state index in [0.29, 0.717) is 6.54 Å². The molecule has 0 radical (unpaired) electrons. The van der Waals surface area contributed by atoms with Crippen molar-refractivity contribution >= 4 is 21.8 Å². The van der Waals surface area contributed by atoms with E-state index in [1.54, 1.807) is 20.9 Å². The van der Waals surface area contributed by atoms with Gasteiger partial charge in [0.25, 0.3) is 0 Å². The van der Waals surface area contributed by atoms with E-state index in [1.807, 2.05) is 0 Å². The van der Waals surface area contributed by atoms with Gasteiger partial charge in [-0.15, -0.1) is 0 Å². The van der Waals surface area contributed by atoms with Crippen LogP contribution in [-0.4, -0.2) is 19.5 Å². The molecule has 0 spiro atoms. The van der Waals surface area contributed by atoms with Gasteiger partial charge in [-0.25, -0.2) is 8.78 Å². The number of carbonyl (C=O) groups excluding carboxylic acids is 1. The Morgan fingerprint density at radius 2 is 2.00 bits per heavy atom. The zero-order chi connectivity index (χ0) is 14.6. The number of hydrogen-bond donors (Lipinski definition) is 2. The Morgan fingerprint density at radius 3 is 2.58 bits per heavy atom. The molecule has 1 amide bonds. The minimum Gasteiger partial charge on any atom is -0.359 e. The molecule has 3 nitrogen and oxygen atoms in total. The Bertz CT molecular complexity index is 478. The summed E-state index contributed by atoms with van der Waals surface area (Å²) in [6.07, 6.45) is 0. The van der Waals surface area contributed by atoms with Crippen LogP contribution in [0.5, 0.6) is 0 Å². The third-order valence-electron chi connectivity index (χ3n) is 2.85. The molecule has 0 aliphatic rings. The lowest BCUT2D eigenvalue weighted by Gasteiger charge is -2.23. The highest BCUT2D eigenvalue weighted by molar-refractivity contribution is 9.10. The van der Waals surface area contributed by atoms with Crippen molar-refractivity contribution < 1.29 is 13.6 Å². The van der Waals surface area contributed by atoms with Crippen molar-refractivity contribution in [3.05, 3.63) is 33.8 Å². The van der Waals surface area contributed by atoms with Gasteiger partial charge >= 0.3 is 0 Å². The summed E-state index contributed by atoms with van der Waals surface area (Å²) in [5.74, 6) is -1.36. The molecule has 0 aliphatic heterocycles. The topological polar surface area (TPSA) is 41.1 Å². The number of amides is 1. The second kappa shape index (κ2) is 6.43. The van der Waals surface area contributed by atoms with Crippen LogP contribution in [0.25, 0.3) is 0 Å². The van der Waals surface area contributed by atoms with Gasteiger partial charge in [0, 0.05) is 25.7 Å².